The van der Waals surface area contributed by atoms with Crippen molar-refractivity contribution >= 4 is 21.9 Å². The lowest BCUT2D eigenvalue weighted by atomic mass is 10.2. The zero-order valence-corrected chi connectivity index (χ0v) is 7.34. The van der Waals surface area contributed by atoms with Gasteiger partial charge in [-0.2, -0.15) is 0 Å². The molecular formula is C9H11BrO2. The number of carbonyl (C=O) groups is 1. The molecule has 0 atom stereocenters. The summed E-state index contributed by atoms with van der Waals surface area (Å²) in [5, 5.41) is 8.44. The van der Waals surface area contributed by atoms with Crippen molar-refractivity contribution in [3.8, 4) is 0 Å². The zero-order chi connectivity index (χ0) is 8.27. The van der Waals surface area contributed by atoms with Crippen LogP contribution in [0.5, 0.6) is 0 Å². The number of carboxylic acids is 1. The van der Waals surface area contributed by atoms with Gasteiger partial charge in [0.05, 0.1) is 6.42 Å². The molecule has 0 heterocycles. The number of benzene rings is 1. The van der Waals surface area contributed by atoms with E-state index in [0.29, 0.717) is 0 Å². The fourth-order valence-electron chi connectivity index (χ4n) is 0.822. The van der Waals surface area contributed by atoms with Gasteiger partial charge in [0.15, 0.2) is 0 Å². The first-order valence-corrected chi connectivity index (χ1v) is 3.94. The van der Waals surface area contributed by atoms with Gasteiger partial charge in [-0.1, -0.05) is 35.5 Å². The summed E-state index contributed by atoms with van der Waals surface area (Å²) in [4.78, 5) is 10.3. The Morgan fingerprint density at radius 2 is 2.17 bits per heavy atom. The molecule has 1 aromatic carbocycles. The third kappa shape index (κ3) is 3.53. The van der Waals surface area contributed by atoms with Gasteiger partial charge in [-0.05, 0) is 17.7 Å². The van der Waals surface area contributed by atoms with E-state index in [1.165, 1.54) is 0 Å². The summed E-state index contributed by atoms with van der Waals surface area (Å²) >= 11 is 3.26. The highest BCUT2D eigenvalue weighted by atomic mass is 79.9. The first-order valence-electron chi connectivity index (χ1n) is 3.15. The molecule has 1 rings (SSSR count). The van der Waals surface area contributed by atoms with Gasteiger partial charge in [0.1, 0.15) is 0 Å². The van der Waals surface area contributed by atoms with Crippen LogP contribution in [-0.2, 0) is 11.2 Å². The molecule has 2 nitrogen and oxygen atoms in total. The Bertz CT molecular complexity index is 271. The highest BCUT2D eigenvalue weighted by Gasteiger charge is 1.99. The molecule has 0 saturated carbocycles. The molecule has 0 unspecified atom stereocenters. The summed E-state index contributed by atoms with van der Waals surface area (Å²) < 4.78 is 0.913. The van der Waals surface area contributed by atoms with Gasteiger partial charge in [0, 0.05) is 4.47 Å². The van der Waals surface area contributed by atoms with E-state index in [4.69, 9.17) is 5.11 Å². The van der Waals surface area contributed by atoms with Crippen LogP contribution >= 0.6 is 15.9 Å². The minimum Gasteiger partial charge on any atom is -0.481 e. The van der Waals surface area contributed by atoms with Crippen LogP contribution in [0, 0.1) is 0 Å². The van der Waals surface area contributed by atoms with Gasteiger partial charge in [0.2, 0.25) is 0 Å². The minimum atomic E-state index is -0.803. The second-order valence-corrected chi connectivity index (χ2v) is 3.12. The molecular weight excluding hydrogens is 220 g/mol. The number of aliphatic carboxylic acids is 1. The number of halogens is 1. The van der Waals surface area contributed by atoms with E-state index in [0.717, 1.165) is 10.0 Å². The molecule has 0 radical (unpaired) electrons. The van der Waals surface area contributed by atoms with Gasteiger partial charge in [-0.15, -0.1) is 0 Å². The topological polar surface area (TPSA) is 37.3 Å². The highest BCUT2D eigenvalue weighted by Crippen LogP contribution is 2.11. The molecule has 0 spiro atoms. The summed E-state index contributed by atoms with van der Waals surface area (Å²) in [6.45, 7) is 0. The molecule has 66 valence electrons. The second-order valence-electron chi connectivity index (χ2n) is 2.20. The van der Waals surface area contributed by atoms with Crippen LogP contribution in [0.1, 0.15) is 13.0 Å². The first-order chi connectivity index (χ1) is 5.18. The Hall–Kier alpha value is -0.830. The summed E-state index contributed by atoms with van der Waals surface area (Å²) in [5.74, 6) is -0.803. The number of rotatable bonds is 2. The normalized spacial score (nSPS) is 8.75. The molecule has 0 saturated heterocycles. The van der Waals surface area contributed by atoms with Crippen LogP contribution < -0.4 is 0 Å². The molecule has 0 bridgehead atoms. The van der Waals surface area contributed by atoms with Crippen molar-refractivity contribution < 1.29 is 9.90 Å². The van der Waals surface area contributed by atoms with Crippen LogP contribution in [0.25, 0.3) is 0 Å². The van der Waals surface area contributed by atoms with Crippen molar-refractivity contribution in [2.24, 2.45) is 0 Å². The van der Waals surface area contributed by atoms with E-state index in [1.54, 1.807) is 12.1 Å². The lowest BCUT2D eigenvalue weighted by Crippen LogP contribution is -1.99. The van der Waals surface area contributed by atoms with Crippen molar-refractivity contribution in [3.05, 3.63) is 34.3 Å². The lowest BCUT2D eigenvalue weighted by Gasteiger charge is -1.95. The van der Waals surface area contributed by atoms with Crippen molar-refractivity contribution in [1.82, 2.24) is 0 Å². The summed E-state index contributed by atoms with van der Waals surface area (Å²) in [7, 11) is 0. The van der Waals surface area contributed by atoms with E-state index < -0.39 is 5.97 Å². The third-order valence-corrected chi connectivity index (χ3v) is 1.74. The summed E-state index contributed by atoms with van der Waals surface area (Å²) in [6.07, 6.45) is 0.0828. The highest BCUT2D eigenvalue weighted by molar-refractivity contribution is 9.10. The monoisotopic (exact) mass is 230 g/mol. The molecule has 12 heavy (non-hydrogen) atoms. The predicted molar refractivity (Wildman–Crippen MR) is 52.2 cm³/mol. The molecule has 0 aliphatic rings. The average Bonchev–Trinajstić information content (AvgIpc) is 1.85. The number of hydrogen-bond acceptors (Lipinski definition) is 1. The maximum Gasteiger partial charge on any atom is 0.307 e. The van der Waals surface area contributed by atoms with Crippen LogP contribution in [0.15, 0.2) is 28.7 Å². The zero-order valence-electron chi connectivity index (χ0n) is 5.75. The van der Waals surface area contributed by atoms with Crippen LogP contribution in [0.2, 0.25) is 0 Å². The third-order valence-electron chi connectivity index (χ3n) is 1.24. The van der Waals surface area contributed by atoms with E-state index in [9.17, 15) is 4.79 Å². The molecule has 1 N–H and O–H groups in total. The SMILES string of the molecule is C.O=C(O)Cc1cccc(Br)c1. The molecule has 0 amide bonds. The molecule has 0 aliphatic carbocycles. The Morgan fingerprint density at radius 3 is 2.67 bits per heavy atom. The van der Waals surface area contributed by atoms with Crippen molar-refractivity contribution in [2.45, 2.75) is 13.8 Å². The summed E-state index contributed by atoms with van der Waals surface area (Å²) in [5.41, 5.74) is 0.812. The Labute approximate surface area is 80.4 Å². The molecule has 3 heteroatoms. The average molecular weight is 231 g/mol. The smallest absolute Gasteiger partial charge is 0.307 e. The van der Waals surface area contributed by atoms with E-state index >= 15 is 0 Å². The van der Waals surface area contributed by atoms with Crippen LogP contribution in [-0.4, -0.2) is 11.1 Å². The fraction of sp³-hybridized carbons (Fsp3) is 0.222. The van der Waals surface area contributed by atoms with Crippen LogP contribution in [0.4, 0.5) is 0 Å². The molecule has 0 fully saturated rings. The lowest BCUT2D eigenvalue weighted by molar-refractivity contribution is -0.136. The van der Waals surface area contributed by atoms with Gasteiger partial charge < -0.3 is 5.11 Å². The van der Waals surface area contributed by atoms with E-state index in [-0.39, 0.29) is 13.8 Å². The fourth-order valence-corrected chi connectivity index (χ4v) is 1.27. The van der Waals surface area contributed by atoms with Gasteiger partial charge >= 0.3 is 5.97 Å². The quantitative estimate of drug-likeness (QED) is 0.849. The molecule has 0 aromatic heterocycles. The standard InChI is InChI=1S/C8H7BrO2.CH4/c9-7-3-1-2-6(4-7)5-8(10)11;/h1-4H,5H2,(H,10,11);1H4. The van der Waals surface area contributed by atoms with Gasteiger partial charge in [0.25, 0.3) is 0 Å². The van der Waals surface area contributed by atoms with Crippen molar-refractivity contribution in [1.29, 1.82) is 0 Å². The largest absolute Gasteiger partial charge is 0.481 e. The number of carboxylic acid groups (broad SMARTS) is 1. The Kier molecular flexibility index (Phi) is 4.59. The maximum absolute atomic E-state index is 10.3. The van der Waals surface area contributed by atoms with Crippen molar-refractivity contribution in [3.63, 3.8) is 0 Å². The van der Waals surface area contributed by atoms with E-state index in [2.05, 4.69) is 15.9 Å². The molecule has 1 aromatic rings. The van der Waals surface area contributed by atoms with Gasteiger partial charge in [-0.25, -0.2) is 0 Å². The number of hydrogen-bond donors (Lipinski definition) is 1. The summed E-state index contributed by atoms with van der Waals surface area (Å²) in [6, 6.07) is 7.28. The first kappa shape index (κ1) is 11.2. The van der Waals surface area contributed by atoms with Crippen molar-refractivity contribution in [2.75, 3.05) is 0 Å². The maximum atomic E-state index is 10.3. The van der Waals surface area contributed by atoms with Crippen LogP contribution in [0.3, 0.4) is 0 Å². The Balaban J connectivity index is 0.00000121. The minimum absolute atomic E-state index is 0. The van der Waals surface area contributed by atoms with Gasteiger partial charge in [-0.3, -0.25) is 4.79 Å². The Morgan fingerprint density at radius 1 is 1.50 bits per heavy atom. The molecule has 0 aliphatic heterocycles. The second kappa shape index (κ2) is 4.93. The van der Waals surface area contributed by atoms with E-state index in [1.807, 2.05) is 12.1 Å². The predicted octanol–water partition coefficient (Wildman–Crippen LogP) is 2.71.